The van der Waals surface area contributed by atoms with Gasteiger partial charge in [-0.3, -0.25) is 9.59 Å². The molecule has 1 spiro atoms. The number of unbranched alkanes of at least 4 members (excludes halogenated alkanes) is 2. The molecule has 1 saturated carbocycles. The van der Waals surface area contributed by atoms with Crippen LogP contribution in [0.25, 0.3) is 0 Å². The maximum atomic E-state index is 12.9. The molecule has 21 heavy (non-hydrogen) atoms. The number of hydrogen-bond donors (Lipinski definition) is 1. The second kappa shape index (κ2) is 7.52. The highest BCUT2D eigenvalue weighted by Crippen LogP contribution is 2.33. The Bertz CT molecular complexity index is 380. The van der Waals surface area contributed by atoms with E-state index < -0.39 is 5.54 Å². The lowest BCUT2D eigenvalue weighted by molar-refractivity contribution is -0.156. The molecule has 1 heterocycles. The second-order valence-corrected chi connectivity index (χ2v) is 7.35. The highest BCUT2D eigenvalue weighted by atomic mass is 32.2. The number of rotatable bonds is 6. The predicted octanol–water partition coefficient (Wildman–Crippen LogP) is 2.57. The first-order valence-electron chi connectivity index (χ1n) is 8.23. The predicted molar refractivity (Wildman–Crippen MR) is 87.4 cm³/mol. The Hall–Kier alpha value is -0.710. The molecule has 0 aromatic carbocycles. The standard InChI is InChI=1S/C16H28N2O2S/c1-13-14(19)17-16(9-5-3-6-10-16)15(20)18(13)11-7-4-8-12-21-2/h13H,3-12H2,1-2H3,(H,17,19). The van der Waals surface area contributed by atoms with Gasteiger partial charge in [0.05, 0.1) is 0 Å². The van der Waals surface area contributed by atoms with Crippen LogP contribution in [0.4, 0.5) is 0 Å². The number of nitrogens with zero attached hydrogens (tertiary/aromatic N) is 1. The van der Waals surface area contributed by atoms with Crippen molar-refractivity contribution in [2.45, 2.75) is 69.9 Å². The van der Waals surface area contributed by atoms with Crippen LogP contribution in [0.5, 0.6) is 0 Å². The average molecular weight is 312 g/mol. The molecular formula is C16H28N2O2S. The summed E-state index contributed by atoms with van der Waals surface area (Å²) in [5.74, 6) is 1.37. The number of carbonyl (C=O) groups is 2. The number of thioether (sulfide) groups is 1. The van der Waals surface area contributed by atoms with Crippen LogP contribution in [0.1, 0.15) is 58.3 Å². The quantitative estimate of drug-likeness (QED) is 0.767. The van der Waals surface area contributed by atoms with Gasteiger partial charge in [0.15, 0.2) is 0 Å². The number of nitrogens with one attached hydrogen (secondary N) is 1. The maximum absolute atomic E-state index is 12.9. The smallest absolute Gasteiger partial charge is 0.248 e. The van der Waals surface area contributed by atoms with E-state index in [2.05, 4.69) is 11.6 Å². The molecule has 1 saturated heterocycles. The first-order chi connectivity index (χ1) is 10.1. The van der Waals surface area contributed by atoms with Gasteiger partial charge >= 0.3 is 0 Å². The van der Waals surface area contributed by atoms with Gasteiger partial charge in [0.25, 0.3) is 0 Å². The van der Waals surface area contributed by atoms with Gasteiger partial charge in [0.1, 0.15) is 11.6 Å². The fourth-order valence-electron chi connectivity index (χ4n) is 3.48. The van der Waals surface area contributed by atoms with Crippen molar-refractivity contribution >= 4 is 23.6 Å². The Morgan fingerprint density at radius 1 is 1.19 bits per heavy atom. The third kappa shape index (κ3) is 3.74. The largest absolute Gasteiger partial charge is 0.340 e. The summed E-state index contributed by atoms with van der Waals surface area (Å²) in [7, 11) is 0. The van der Waals surface area contributed by atoms with Gasteiger partial charge in [0.2, 0.25) is 11.8 Å². The van der Waals surface area contributed by atoms with Gasteiger partial charge in [-0.15, -0.1) is 0 Å². The first-order valence-corrected chi connectivity index (χ1v) is 9.62. The van der Waals surface area contributed by atoms with Crippen LogP contribution in [0.2, 0.25) is 0 Å². The van der Waals surface area contributed by atoms with Crippen LogP contribution in [0.15, 0.2) is 0 Å². The Morgan fingerprint density at radius 3 is 2.57 bits per heavy atom. The Balaban J connectivity index is 1.97. The van der Waals surface area contributed by atoms with Crippen LogP contribution in [-0.2, 0) is 9.59 Å². The summed E-state index contributed by atoms with van der Waals surface area (Å²) < 4.78 is 0. The van der Waals surface area contributed by atoms with E-state index in [0.717, 1.165) is 45.1 Å². The average Bonchev–Trinajstić information content (AvgIpc) is 2.49. The van der Waals surface area contributed by atoms with Gasteiger partial charge in [-0.05, 0) is 44.6 Å². The molecule has 2 rings (SSSR count). The zero-order chi connectivity index (χ0) is 15.3. The first kappa shape index (κ1) is 16.7. The minimum Gasteiger partial charge on any atom is -0.340 e. The summed E-state index contributed by atoms with van der Waals surface area (Å²) in [6.07, 6.45) is 10.3. The van der Waals surface area contributed by atoms with Crippen molar-refractivity contribution in [3.63, 3.8) is 0 Å². The summed E-state index contributed by atoms with van der Waals surface area (Å²) in [5, 5.41) is 3.04. The Morgan fingerprint density at radius 2 is 1.90 bits per heavy atom. The number of carbonyl (C=O) groups excluding carboxylic acids is 2. The Labute approximate surface area is 132 Å². The summed E-state index contributed by atoms with van der Waals surface area (Å²) in [6.45, 7) is 2.58. The topological polar surface area (TPSA) is 49.4 Å². The summed E-state index contributed by atoms with van der Waals surface area (Å²) in [5.41, 5.74) is -0.582. The van der Waals surface area contributed by atoms with Crippen LogP contribution < -0.4 is 5.32 Å². The van der Waals surface area contributed by atoms with E-state index in [1.807, 2.05) is 23.6 Å². The molecule has 1 aliphatic heterocycles. The zero-order valence-electron chi connectivity index (χ0n) is 13.3. The van der Waals surface area contributed by atoms with Gasteiger partial charge in [0, 0.05) is 6.54 Å². The van der Waals surface area contributed by atoms with Gasteiger partial charge in [-0.2, -0.15) is 11.8 Å². The van der Waals surface area contributed by atoms with Crippen molar-refractivity contribution in [3.05, 3.63) is 0 Å². The number of amides is 2. The third-order valence-corrected chi connectivity index (χ3v) is 5.53. The monoisotopic (exact) mass is 312 g/mol. The molecule has 5 heteroatoms. The van der Waals surface area contributed by atoms with E-state index in [1.165, 1.54) is 18.6 Å². The molecule has 120 valence electrons. The maximum Gasteiger partial charge on any atom is 0.248 e. The Kier molecular flexibility index (Phi) is 5.97. The minimum atomic E-state index is -0.582. The summed E-state index contributed by atoms with van der Waals surface area (Å²) in [6, 6.07) is -0.314. The summed E-state index contributed by atoms with van der Waals surface area (Å²) >= 11 is 1.86. The van der Waals surface area contributed by atoms with E-state index in [1.54, 1.807) is 0 Å². The number of piperazine rings is 1. The van der Waals surface area contributed by atoms with E-state index >= 15 is 0 Å². The molecule has 1 atom stereocenters. The fourth-order valence-corrected chi connectivity index (χ4v) is 3.97. The van der Waals surface area contributed by atoms with Crippen LogP contribution >= 0.6 is 11.8 Å². The molecule has 1 N–H and O–H groups in total. The van der Waals surface area contributed by atoms with Crippen molar-refractivity contribution in [2.75, 3.05) is 18.6 Å². The molecule has 0 aromatic heterocycles. The van der Waals surface area contributed by atoms with E-state index in [-0.39, 0.29) is 17.9 Å². The molecule has 2 aliphatic rings. The normalized spacial score (nSPS) is 25.2. The third-order valence-electron chi connectivity index (χ3n) is 4.83. The van der Waals surface area contributed by atoms with Crippen molar-refractivity contribution in [3.8, 4) is 0 Å². The molecule has 4 nitrogen and oxygen atoms in total. The van der Waals surface area contributed by atoms with E-state index in [9.17, 15) is 9.59 Å². The van der Waals surface area contributed by atoms with Crippen LogP contribution in [-0.4, -0.2) is 46.8 Å². The van der Waals surface area contributed by atoms with E-state index in [0.29, 0.717) is 0 Å². The second-order valence-electron chi connectivity index (χ2n) is 6.36. The van der Waals surface area contributed by atoms with Crippen LogP contribution in [0.3, 0.4) is 0 Å². The summed E-state index contributed by atoms with van der Waals surface area (Å²) in [4.78, 5) is 27.0. The van der Waals surface area contributed by atoms with Crippen molar-refractivity contribution in [1.82, 2.24) is 10.2 Å². The SMILES string of the molecule is CSCCCCCN1C(=O)C2(CCCCC2)NC(=O)C1C. The molecule has 1 aliphatic carbocycles. The fraction of sp³-hybridized carbons (Fsp3) is 0.875. The lowest BCUT2D eigenvalue weighted by atomic mass is 9.78. The lowest BCUT2D eigenvalue weighted by Crippen LogP contribution is -2.70. The van der Waals surface area contributed by atoms with E-state index in [4.69, 9.17) is 0 Å². The van der Waals surface area contributed by atoms with Gasteiger partial charge < -0.3 is 10.2 Å². The molecule has 0 bridgehead atoms. The van der Waals surface area contributed by atoms with Gasteiger partial charge in [-0.1, -0.05) is 25.7 Å². The number of hydrogen-bond acceptors (Lipinski definition) is 3. The molecule has 0 radical (unpaired) electrons. The zero-order valence-corrected chi connectivity index (χ0v) is 14.1. The molecular weight excluding hydrogens is 284 g/mol. The van der Waals surface area contributed by atoms with Crippen molar-refractivity contribution in [2.24, 2.45) is 0 Å². The highest BCUT2D eigenvalue weighted by molar-refractivity contribution is 7.98. The molecule has 2 fully saturated rings. The highest BCUT2D eigenvalue weighted by Gasteiger charge is 2.49. The molecule has 2 amide bonds. The van der Waals surface area contributed by atoms with Crippen molar-refractivity contribution < 1.29 is 9.59 Å². The molecule has 0 aromatic rings. The minimum absolute atomic E-state index is 0.0283. The lowest BCUT2D eigenvalue weighted by Gasteiger charge is -2.47. The van der Waals surface area contributed by atoms with Crippen molar-refractivity contribution in [1.29, 1.82) is 0 Å². The van der Waals surface area contributed by atoms with Gasteiger partial charge in [-0.25, -0.2) is 0 Å². The van der Waals surface area contributed by atoms with Crippen LogP contribution in [0, 0.1) is 0 Å². The molecule has 1 unspecified atom stereocenters.